The average Bonchev–Trinajstić information content (AvgIpc) is 3.07. The number of amides is 1. The van der Waals surface area contributed by atoms with Crippen LogP contribution in [0.15, 0.2) is 18.2 Å². The van der Waals surface area contributed by atoms with Crippen LogP contribution in [0, 0.1) is 13.8 Å². The van der Waals surface area contributed by atoms with Crippen molar-refractivity contribution in [1.82, 2.24) is 10.6 Å². The van der Waals surface area contributed by atoms with Crippen molar-refractivity contribution in [3.05, 3.63) is 34.9 Å². The summed E-state index contributed by atoms with van der Waals surface area (Å²) in [5.74, 6) is 0. The Morgan fingerprint density at radius 2 is 2.00 bits per heavy atom. The largest absolute Gasteiger partial charge is 0.444 e. The summed E-state index contributed by atoms with van der Waals surface area (Å²) < 4.78 is 5.26. The number of alkyl carbamates (subject to hydrolysis) is 1. The van der Waals surface area contributed by atoms with Gasteiger partial charge in [0, 0.05) is 18.6 Å². The fraction of sp³-hybridized carbons (Fsp3) is 0.588. The molecule has 1 aromatic rings. The molecule has 21 heavy (non-hydrogen) atoms. The van der Waals surface area contributed by atoms with Crippen molar-refractivity contribution in [2.45, 2.75) is 65.3 Å². The number of benzene rings is 1. The lowest BCUT2D eigenvalue weighted by molar-refractivity contribution is 0.0522. The van der Waals surface area contributed by atoms with Crippen molar-refractivity contribution in [3.8, 4) is 0 Å². The van der Waals surface area contributed by atoms with Gasteiger partial charge < -0.3 is 15.4 Å². The molecule has 4 nitrogen and oxygen atoms in total. The molecule has 2 atom stereocenters. The van der Waals surface area contributed by atoms with E-state index < -0.39 is 5.60 Å². The van der Waals surface area contributed by atoms with Crippen molar-refractivity contribution >= 4 is 6.09 Å². The van der Waals surface area contributed by atoms with Crippen molar-refractivity contribution in [1.29, 1.82) is 0 Å². The lowest BCUT2D eigenvalue weighted by atomic mass is 10.0. The molecule has 0 bridgehead atoms. The summed E-state index contributed by atoms with van der Waals surface area (Å²) in [6.45, 7) is 10.7. The van der Waals surface area contributed by atoms with Gasteiger partial charge in [-0.2, -0.15) is 0 Å². The minimum Gasteiger partial charge on any atom is -0.444 e. The molecule has 2 unspecified atom stereocenters. The van der Waals surface area contributed by atoms with Gasteiger partial charge in [-0.05, 0) is 57.7 Å². The lowest BCUT2D eigenvalue weighted by Gasteiger charge is -2.19. The zero-order valence-electron chi connectivity index (χ0n) is 13.6. The van der Waals surface area contributed by atoms with E-state index in [1.54, 1.807) is 0 Å². The maximum atomic E-state index is 11.7. The first kappa shape index (κ1) is 15.8. The SMILES string of the molecule is Cc1cccc(CNC2CC2NC(=O)OC(C)(C)C)c1C. The monoisotopic (exact) mass is 290 g/mol. The van der Waals surface area contributed by atoms with Gasteiger partial charge in [0.25, 0.3) is 0 Å². The predicted molar refractivity (Wildman–Crippen MR) is 84.3 cm³/mol. The molecule has 0 heterocycles. The molecular weight excluding hydrogens is 264 g/mol. The highest BCUT2D eigenvalue weighted by atomic mass is 16.6. The summed E-state index contributed by atoms with van der Waals surface area (Å²) in [6, 6.07) is 6.89. The first-order chi connectivity index (χ1) is 9.76. The summed E-state index contributed by atoms with van der Waals surface area (Å²) in [7, 11) is 0. The van der Waals surface area contributed by atoms with Crippen LogP contribution in [-0.4, -0.2) is 23.8 Å². The van der Waals surface area contributed by atoms with E-state index in [0.29, 0.717) is 6.04 Å². The number of carbonyl (C=O) groups excluding carboxylic acids is 1. The Labute approximate surface area is 127 Å². The predicted octanol–water partition coefficient (Wildman–Crippen LogP) is 3.06. The molecule has 0 aromatic heterocycles. The van der Waals surface area contributed by atoms with Crippen molar-refractivity contribution in [3.63, 3.8) is 0 Å². The number of nitrogens with one attached hydrogen (secondary N) is 2. The van der Waals surface area contributed by atoms with Crippen molar-refractivity contribution < 1.29 is 9.53 Å². The number of carbonyl (C=O) groups is 1. The van der Waals surface area contributed by atoms with E-state index in [0.717, 1.165) is 13.0 Å². The van der Waals surface area contributed by atoms with Crippen LogP contribution in [0.3, 0.4) is 0 Å². The molecular formula is C17H26N2O2. The van der Waals surface area contributed by atoms with Crippen LogP contribution in [0.1, 0.15) is 43.9 Å². The molecule has 0 saturated heterocycles. The molecule has 0 spiro atoms. The Kier molecular flexibility index (Phi) is 4.57. The Morgan fingerprint density at radius 1 is 1.29 bits per heavy atom. The van der Waals surface area contributed by atoms with Gasteiger partial charge in [-0.1, -0.05) is 18.2 Å². The van der Waals surface area contributed by atoms with Crippen LogP contribution in [0.2, 0.25) is 0 Å². The standard InChI is InChI=1S/C17H26N2O2/c1-11-7-6-8-13(12(11)2)10-18-14-9-15(14)19-16(20)21-17(3,4)5/h6-8,14-15,18H,9-10H2,1-5H3,(H,19,20). The van der Waals surface area contributed by atoms with Gasteiger partial charge >= 0.3 is 6.09 Å². The fourth-order valence-corrected chi connectivity index (χ4v) is 2.28. The number of ether oxygens (including phenoxy) is 1. The van der Waals surface area contributed by atoms with Crippen LogP contribution in [0.25, 0.3) is 0 Å². The van der Waals surface area contributed by atoms with E-state index >= 15 is 0 Å². The zero-order chi connectivity index (χ0) is 15.6. The topological polar surface area (TPSA) is 50.4 Å². The van der Waals surface area contributed by atoms with Crippen LogP contribution < -0.4 is 10.6 Å². The van der Waals surface area contributed by atoms with E-state index in [1.807, 2.05) is 20.8 Å². The van der Waals surface area contributed by atoms with Crippen LogP contribution in [-0.2, 0) is 11.3 Å². The number of hydrogen-bond donors (Lipinski definition) is 2. The minimum atomic E-state index is -0.444. The second kappa shape index (κ2) is 6.06. The van der Waals surface area contributed by atoms with Crippen molar-refractivity contribution in [2.24, 2.45) is 0 Å². The van der Waals surface area contributed by atoms with E-state index in [4.69, 9.17) is 4.74 Å². The number of rotatable bonds is 4. The maximum absolute atomic E-state index is 11.7. The molecule has 0 aliphatic heterocycles. The van der Waals surface area contributed by atoms with Gasteiger partial charge in [0.2, 0.25) is 0 Å². The number of hydrogen-bond acceptors (Lipinski definition) is 3. The molecule has 1 saturated carbocycles. The molecule has 1 aliphatic rings. The highest BCUT2D eigenvalue weighted by Gasteiger charge is 2.38. The fourth-order valence-electron chi connectivity index (χ4n) is 2.28. The second-order valence-corrected chi connectivity index (χ2v) is 6.83. The highest BCUT2D eigenvalue weighted by molar-refractivity contribution is 5.68. The van der Waals surface area contributed by atoms with Crippen LogP contribution >= 0.6 is 0 Å². The molecule has 1 amide bonds. The van der Waals surface area contributed by atoms with Gasteiger partial charge in [-0.3, -0.25) is 0 Å². The quantitative estimate of drug-likeness (QED) is 0.896. The van der Waals surface area contributed by atoms with Crippen molar-refractivity contribution in [2.75, 3.05) is 0 Å². The molecule has 2 rings (SSSR count). The first-order valence-electron chi connectivity index (χ1n) is 7.54. The molecule has 4 heteroatoms. The second-order valence-electron chi connectivity index (χ2n) is 6.83. The summed E-state index contributed by atoms with van der Waals surface area (Å²) in [5, 5.41) is 6.39. The highest BCUT2D eigenvalue weighted by Crippen LogP contribution is 2.23. The van der Waals surface area contributed by atoms with Gasteiger partial charge in [-0.25, -0.2) is 4.79 Å². The molecule has 1 aliphatic carbocycles. The third kappa shape index (κ3) is 4.74. The molecule has 1 fully saturated rings. The van der Waals surface area contributed by atoms with Gasteiger partial charge in [0.1, 0.15) is 5.60 Å². The Bertz CT molecular complexity index is 520. The van der Waals surface area contributed by atoms with Crippen LogP contribution in [0.5, 0.6) is 0 Å². The van der Waals surface area contributed by atoms with E-state index in [2.05, 4.69) is 42.7 Å². The Hall–Kier alpha value is -1.55. The summed E-state index contributed by atoms with van der Waals surface area (Å²) >= 11 is 0. The number of aryl methyl sites for hydroxylation is 1. The molecule has 2 N–H and O–H groups in total. The minimum absolute atomic E-state index is 0.185. The average molecular weight is 290 g/mol. The van der Waals surface area contributed by atoms with E-state index in [-0.39, 0.29) is 12.1 Å². The van der Waals surface area contributed by atoms with E-state index in [9.17, 15) is 4.79 Å². The first-order valence-corrected chi connectivity index (χ1v) is 7.54. The smallest absolute Gasteiger partial charge is 0.407 e. The maximum Gasteiger partial charge on any atom is 0.407 e. The van der Waals surface area contributed by atoms with Gasteiger partial charge in [0.05, 0.1) is 0 Å². The van der Waals surface area contributed by atoms with Gasteiger partial charge in [0.15, 0.2) is 0 Å². The molecule has 0 radical (unpaired) electrons. The summed E-state index contributed by atoms with van der Waals surface area (Å²) in [5.41, 5.74) is 3.52. The summed E-state index contributed by atoms with van der Waals surface area (Å²) in [4.78, 5) is 11.7. The lowest BCUT2D eigenvalue weighted by Crippen LogP contribution is -2.36. The molecule has 116 valence electrons. The normalized spacial score (nSPS) is 21.0. The van der Waals surface area contributed by atoms with Crippen LogP contribution in [0.4, 0.5) is 4.79 Å². The zero-order valence-corrected chi connectivity index (χ0v) is 13.6. The third-order valence-electron chi connectivity index (χ3n) is 3.76. The summed E-state index contributed by atoms with van der Waals surface area (Å²) in [6.07, 6.45) is 0.632. The third-order valence-corrected chi connectivity index (χ3v) is 3.76. The van der Waals surface area contributed by atoms with Gasteiger partial charge in [-0.15, -0.1) is 0 Å². The molecule has 1 aromatic carbocycles. The Balaban J connectivity index is 1.75. The van der Waals surface area contributed by atoms with E-state index in [1.165, 1.54) is 16.7 Å². The Morgan fingerprint density at radius 3 is 2.67 bits per heavy atom.